The van der Waals surface area contributed by atoms with Crippen LogP contribution in [0, 0.1) is 5.41 Å². The minimum Gasteiger partial charge on any atom is -0.330 e. The second-order valence-electron chi connectivity index (χ2n) is 5.33. The maximum absolute atomic E-state index is 5.87. The maximum atomic E-state index is 5.87. The molecule has 0 amide bonds. The molecule has 2 heteroatoms. The van der Waals surface area contributed by atoms with Crippen LogP contribution < -0.4 is 5.73 Å². The summed E-state index contributed by atoms with van der Waals surface area (Å²) in [5.41, 5.74) is 6.41. The summed E-state index contributed by atoms with van der Waals surface area (Å²) in [5, 5.41) is 0. The van der Waals surface area contributed by atoms with Crippen LogP contribution in [0.25, 0.3) is 0 Å². The average Bonchev–Trinajstić information content (AvgIpc) is 2.51. The second kappa shape index (κ2) is 4.19. The van der Waals surface area contributed by atoms with Gasteiger partial charge in [0.15, 0.2) is 0 Å². The first-order valence-corrected chi connectivity index (χ1v) is 6.20. The first-order chi connectivity index (χ1) is 6.76. The van der Waals surface area contributed by atoms with E-state index in [9.17, 15) is 0 Å². The highest BCUT2D eigenvalue weighted by Crippen LogP contribution is 2.43. The number of nitrogens with zero attached hydrogens (tertiary/aromatic N) is 1. The summed E-state index contributed by atoms with van der Waals surface area (Å²) < 4.78 is 0. The Bertz CT molecular complexity index is 181. The fraction of sp³-hybridized carbons (Fsp3) is 1.00. The minimum atomic E-state index is 0.544. The molecule has 82 valence electrons. The molecule has 0 aromatic carbocycles. The summed E-state index contributed by atoms with van der Waals surface area (Å²) in [6.45, 7) is 5.89. The van der Waals surface area contributed by atoms with E-state index >= 15 is 0 Å². The van der Waals surface area contributed by atoms with Crippen molar-refractivity contribution >= 4 is 0 Å². The lowest BCUT2D eigenvalue weighted by atomic mass is 9.66. The SMILES string of the molecule is CC1CCCN1CCC1(CN)CCC1. The highest BCUT2D eigenvalue weighted by Gasteiger charge is 2.36. The van der Waals surface area contributed by atoms with Gasteiger partial charge in [-0.25, -0.2) is 0 Å². The molecule has 1 unspecified atom stereocenters. The zero-order valence-electron chi connectivity index (χ0n) is 9.47. The molecule has 1 aliphatic carbocycles. The van der Waals surface area contributed by atoms with Crippen LogP contribution in [0.4, 0.5) is 0 Å². The molecule has 2 aliphatic rings. The summed E-state index contributed by atoms with van der Waals surface area (Å²) >= 11 is 0. The quantitative estimate of drug-likeness (QED) is 0.745. The van der Waals surface area contributed by atoms with Gasteiger partial charge in [0.05, 0.1) is 0 Å². The van der Waals surface area contributed by atoms with Crippen molar-refractivity contribution in [1.82, 2.24) is 4.90 Å². The minimum absolute atomic E-state index is 0.544. The van der Waals surface area contributed by atoms with Gasteiger partial charge in [0.1, 0.15) is 0 Å². The Morgan fingerprint density at radius 2 is 2.14 bits per heavy atom. The third kappa shape index (κ3) is 1.96. The Morgan fingerprint density at radius 1 is 1.36 bits per heavy atom. The van der Waals surface area contributed by atoms with Gasteiger partial charge in [-0.3, -0.25) is 0 Å². The van der Waals surface area contributed by atoms with E-state index in [0.29, 0.717) is 5.41 Å². The lowest BCUT2D eigenvalue weighted by Crippen LogP contribution is -2.41. The number of likely N-dealkylation sites (tertiary alicyclic amines) is 1. The van der Waals surface area contributed by atoms with Crippen molar-refractivity contribution in [2.24, 2.45) is 11.1 Å². The molecule has 2 N–H and O–H groups in total. The zero-order valence-corrected chi connectivity index (χ0v) is 9.47. The van der Waals surface area contributed by atoms with Crippen molar-refractivity contribution in [3.05, 3.63) is 0 Å². The van der Waals surface area contributed by atoms with E-state index in [0.717, 1.165) is 12.6 Å². The van der Waals surface area contributed by atoms with Gasteiger partial charge in [-0.2, -0.15) is 0 Å². The van der Waals surface area contributed by atoms with Crippen molar-refractivity contribution in [3.63, 3.8) is 0 Å². The highest BCUT2D eigenvalue weighted by atomic mass is 15.2. The molecule has 0 bridgehead atoms. The van der Waals surface area contributed by atoms with E-state index in [4.69, 9.17) is 5.73 Å². The number of rotatable bonds is 4. The van der Waals surface area contributed by atoms with Crippen molar-refractivity contribution in [3.8, 4) is 0 Å². The predicted molar refractivity (Wildman–Crippen MR) is 60.2 cm³/mol. The van der Waals surface area contributed by atoms with Crippen molar-refractivity contribution in [2.45, 2.75) is 51.5 Å². The van der Waals surface area contributed by atoms with Gasteiger partial charge >= 0.3 is 0 Å². The summed E-state index contributed by atoms with van der Waals surface area (Å²) in [6.07, 6.45) is 8.31. The first kappa shape index (κ1) is 10.4. The van der Waals surface area contributed by atoms with Crippen molar-refractivity contribution < 1.29 is 0 Å². The molecule has 14 heavy (non-hydrogen) atoms. The third-order valence-electron chi connectivity index (χ3n) is 4.47. The second-order valence-corrected chi connectivity index (χ2v) is 5.33. The van der Waals surface area contributed by atoms with Gasteiger partial charge in [-0.15, -0.1) is 0 Å². The van der Waals surface area contributed by atoms with Crippen LogP contribution in [-0.2, 0) is 0 Å². The lowest BCUT2D eigenvalue weighted by Gasteiger charge is -2.42. The molecule has 0 spiro atoms. The normalized spacial score (nSPS) is 31.7. The third-order valence-corrected chi connectivity index (χ3v) is 4.47. The largest absolute Gasteiger partial charge is 0.330 e. The maximum Gasteiger partial charge on any atom is 0.00674 e. The Hall–Kier alpha value is -0.0800. The Morgan fingerprint density at radius 3 is 2.57 bits per heavy atom. The van der Waals surface area contributed by atoms with Gasteiger partial charge in [-0.05, 0) is 64.1 Å². The topological polar surface area (TPSA) is 29.3 Å². The summed E-state index contributed by atoms with van der Waals surface area (Å²) in [7, 11) is 0. The molecule has 1 saturated carbocycles. The van der Waals surface area contributed by atoms with Gasteiger partial charge in [0, 0.05) is 6.04 Å². The van der Waals surface area contributed by atoms with Crippen LogP contribution in [0.5, 0.6) is 0 Å². The van der Waals surface area contributed by atoms with Crippen LogP contribution in [-0.4, -0.2) is 30.6 Å². The van der Waals surface area contributed by atoms with Crippen LogP contribution in [0.15, 0.2) is 0 Å². The molecule has 0 radical (unpaired) electrons. The Kier molecular flexibility index (Phi) is 3.13. The molecule has 1 aliphatic heterocycles. The summed E-state index contributed by atoms with van der Waals surface area (Å²) in [4.78, 5) is 2.65. The highest BCUT2D eigenvalue weighted by molar-refractivity contribution is 4.90. The molecule has 1 atom stereocenters. The van der Waals surface area contributed by atoms with E-state index in [1.807, 2.05) is 0 Å². The Balaban J connectivity index is 1.75. The zero-order chi connectivity index (χ0) is 10.0. The predicted octanol–water partition coefficient (Wildman–Crippen LogP) is 1.99. The lowest BCUT2D eigenvalue weighted by molar-refractivity contribution is 0.104. The standard InChI is InChI=1S/C12H24N2/c1-11-4-2-8-14(11)9-7-12(10-13)5-3-6-12/h11H,2-10,13H2,1H3. The van der Waals surface area contributed by atoms with Crippen molar-refractivity contribution in [2.75, 3.05) is 19.6 Å². The average molecular weight is 196 g/mol. The molecule has 0 aromatic rings. The van der Waals surface area contributed by atoms with Crippen molar-refractivity contribution in [1.29, 1.82) is 0 Å². The number of hydrogen-bond acceptors (Lipinski definition) is 2. The number of hydrogen-bond donors (Lipinski definition) is 1. The van der Waals surface area contributed by atoms with Gasteiger partial charge in [0.25, 0.3) is 0 Å². The van der Waals surface area contributed by atoms with E-state index in [2.05, 4.69) is 11.8 Å². The molecular weight excluding hydrogens is 172 g/mol. The monoisotopic (exact) mass is 196 g/mol. The Labute approximate surface area is 87.8 Å². The van der Waals surface area contributed by atoms with E-state index in [-0.39, 0.29) is 0 Å². The van der Waals surface area contributed by atoms with E-state index in [1.165, 1.54) is 51.6 Å². The molecular formula is C12H24N2. The van der Waals surface area contributed by atoms with Crippen LogP contribution in [0.1, 0.15) is 45.4 Å². The van der Waals surface area contributed by atoms with E-state index < -0.39 is 0 Å². The van der Waals surface area contributed by atoms with Crippen LogP contribution in [0.3, 0.4) is 0 Å². The van der Waals surface area contributed by atoms with Gasteiger partial charge < -0.3 is 10.6 Å². The van der Waals surface area contributed by atoms with E-state index in [1.54, 1.807) is 0 Å². The molecule has 0 aromatic heterocycles. The van der Waals surface area contributed by atoms with Crippen LogP contribution in [0.2, 0.25) is 0 Å². The molecule has 1 saturated heterocycles. The fourth-order valence-electron chi connectivity index (χ4n) is 2.94. The molecule has 1 heterocycles. The first-order valence-electron chi connectivity index (χ1n) is 6.20. The summed E-state index contributed by atoms with van der Waals surface area (Å²) in [6, 6.07) is 0.824. The van der Waals surface area contributed by atoms with Gasteiger partial charge in [0.2, 0.25) is 0 Å². The number of nitrogens with two attached hydrogens (primary N) is 1. The molecule has 2 rings (SSSR count). The molecule has 2 fully saturated rings. The summed E-state index contributed by atoms with van der Waals surface area (Å²) in [5.74, 6) is 0. The smallest absolute Gasteiger partial charge is 0.00674 e. The fourth-order valence-corrected chi connectivity index (χ4v) is 2.94. The molecule has 2 nitrogen and oxygen atoms in total. The van der Waals surface area contributed by atoms with Gasteiger partial charge in [-0.1, -0.05) is 6.42 Å². The van der Waals surface area contributed by atoms with Crippen LogP contribution >= 0.6 is 0 Å².